The molecule has 0 aliphatic carbocycles. The maximum absolute atomic E-state index is 11.9. The Bertz CT molecular complexity index is 430. The van der Waals surface area contributed by atoms with E-state index in [9.17, 15) is 9.59 Å². The van der Waals surface area contributed by atoms with Crippen molar-refractivity contribution in [3.63, 3.8) is 0 Å². The Morgan fingerprint density at radius 3 is 2.63 bits per heavy atom. The van der Waals surface area contributed by atoms with Gasteiger partial charge in [-0.3, -0.25) is 9.59 Å². The molecule has 0 aromatic carbocycles. The molecule has 0 N–H and O–H groups in total. The van der Waals surface area contributed by atoms with E-state index in [4.69, 9.17) is 9.26 Å². The van der Waals surface area contributed by atoms with Crippen molar-refractivity contribution in [3.8, 4) is 0 Å². The van der Waals surface area contributed by atoms with Crippen molar-refractivity contribution in [2.75, 3.05) is 19.7 Å². The molecule has 19 heavy (non-hydrogen) atoms. The summed E-state index contributed by atoms with van der Waals surface area (Å²) >= 11 is 0. The van der Waals surface area contributed by atoms with Crippen LogP contribution in [0.3, 0.4) is 0 Å². The number of likely N-dealkylation sites (N-methyl/N-ethyl adjacent to an activating group) is 1. The van der Waals surface area contributed by atoms with E-state index in [2.05, 4.69) is 10.1 Å². The quantitative estimate of drug-likeness (QED) is 0.678. The van der Waals surface area contributed by atoms with Crippen molar-refractivity contribution < 1.29 is 18.8 Å². The van der Waals surface area contributed by atoms with Crippen molar-refractivity contribution >= 4 is 11.9 Å². The van der Waals surface area contributed by atoms with Crippen molar-refractivity contribution in [3.05, 3.63) is 11.7 Å². The lowest BCUT2D eigenvalue weighted by Gasteiger charge is -2.19. The van der Waals surface area contributed by atoms with Crippen molar-refractivity contribution in [2.24, 2.45) is 0 Å². The highest BCUT2D eigenvalue weighted by atomic mass is 16.5. The molecule has 1 aromatic heterocycles. The van der Waals surface area contributed by atoms with E-state index in [1.807, 2.05) is 6.92 Å². The van der Waals surface area contributed by atoms with Gasteiger partial charge in [0.1, 0.15) is 6.54 Å². The molecule has 7 nitrogen and oxygen atoms in total. The third kappa shape index (κ3) is 5.07. The number of esters is 1. The van der Waals surface area contributed by atoms with Crippen LogP contribution in [0.1, 0.15) is 32.0 Å². The van der Waals surface area contributed by atoms with Crippen molar-refractivity contribution in [1.82, 2.24) is 15.0 Å². The summed E-state index contributed by atoms with van der Waals surface area (Å²) in [6.07, 6.45) is 0.605. The van der Waals surface area contributed by atoms with Crippen LogP contribution in [0.25, 0.3) is 0 Å². The first kappa shape index (κ1) is 15.1. The third-order valence-corrected chi connectivity index (χ3v) is 2.48. The lowest BCUT2D eigenvalue weighted by Crippen LogP contribution is -2.36. The van der Waals surface area contributed by atoms with Crippen LogP contribution < -0.4 is 0 Å². The van der Waals surface area contributed by atoms with Gasteiger partial charge >= 0.3 is 5.97 Å². The van der Waals surface area contributed by atoms with E-state index in [-0.39, 0.29) is 18.9 Å². The smallest absolute Gasteiger partial charge is 0.325 e. The summed E-state index contributed by atoms with van der Waals surface area (Å²) in [6, 6.07) is 0. The molecule has 7 heteroatoms. The minimum Gasteiger partial charge on any atom is -0.465 e. The average Bonchev–Trinajstić information content (AvgIpc) is 2.79. The zero-order valence-corrected chi connectivity index (χ0v) is 11.5. The Balaban J connectivity index is 2.43. The van der Waals surface area contributed by atoms with Gasteiger partial charge in [0.15, 0.2) is 5.82 Å². The van der Waals surface area contributed by atoms with Gasteiger partial charge in [0.2, 0.25) is 11.8 Å². The molecule has 0 unspecified atom stereocenters. The second-order valence-corrected chi connectivity index (χ2v) is 3.95. The zero-order valence-electron chi connectivity index (χ0n) is 11.5. The normalized spacial score (nSPS) is 10.3. The first-order chi connectivity index (χ1) is 9.06. The van der Waals surface area contributed by atoms with Gasteiger partial charge in [-0.05, 0) is 20.8 Å². The SMILES string of the molecule is CCOC(=O)CN(CC)C(=O)CCc1nc(C)no1. The summed E-state index contributed by atoms with van der Waals surface area (Å²) in [6.45, 7) is 6.01. The van der Waals surface area contributed by atoms with Crippen LogP contribution in [-0.4, -0.2) is 46.6 Å². The maximum Gasteiger partial charge on any atom is 0.325 e. The molecule has 1 heterocycles. The third-order valence-electron chi connectivity index (χ3n) is 2.48. The highest BCUT2D eigenvalue weighted by Crippen LogP contribution is 2.03. The molecule has 0 saturated carbocycles. The molecular formula is C12H19N3O4. The minimum atomic E-state index is -0.397. The number of nitrogens with zero attached hydrogens (tertiary/aromatic N) is 3. The van der Waals surface area contributed by atoms with Gasteiger partial charge in [-0.2, -0.15) is 4.98 Å². The second kappa shape index (κ2) is 7.50. The Morgan fingerprint density at radius 1 is 1.37 bits per heavy atom. The summed E-state index contributed by atoms with van der Waals surface area (Å²) in [5, 5.41) is 3.65. The Morgan fingerprint density at radius 2 is 2.11 bits per heavy atom. The molecule has 0 aliphatic rings. The number of aryl methyl sites for hydroxylation is 2. The molecule has 0 spiro atoms. The van der Waals surface area contributed by atoms with E-state index in [0.29, 0.717) is 31.3 Å². The predicted octanol–water partition coefficient (Wildman–Crippen LogP) is 0.722. The first-order valence-corrected chi connectivity index (χ1v) is 6.29. The van der Waals surface area contributed by atoms with Crippen LogP contribution >= 0.6 is 0 Å². The summed E-state index contributed by atoms with van der Waals surface area (Å²) in [5.41, 5.74) is 0. The van der Waals surface area contributed by atoms with Gasteiger partial charge < -0.3 is 14.2 Å². The van der Waals surface area contributed by atoms with Gasteiger partial charge in [0, 0.05) is 19.4 Å². The van der Waals surface area contributed by atoms with E-state index in [0.717, 1.165) is 0 Å². The summed E-state index contributed by atoms with van der Waals surface area (Å²) in [5.74, 6) is 0.442. The fraction of sp³-hybridized carbons (Fsp3) is 0.667. The number of hydrogen-bond donors (Lipinski definition) is 0. The molecule has 0 saturated heterocycles. The molecule has 1 rings (SSSR count). The second-order valence-electron chi connectivity index (χ2n) is 3.95. The fourth-order valence-electron chi connectivity index (χ4n) is 1.55. The van der Waals surface area contributed by atoms with E-state index < -0.39 is 5.97 Å². The lowest BCUT2D eigenvalue weighted by atomic mass is 10.2. The van der Waals surface area contributed by atoms with Crippen LogP contribution in [-0.2, 0) is 20.7 Å². The van der Waals surface area contributed by atoms with E-state index in [1.165, 1.54) is 4.90 Å². The van der Waals surface area contributed by atoms with Crippen LogP contribution in [0.4, 0.5) is 0 Å². The molecule has 0 bridgehead atoms. The van der Waals surface area contributed by atoms with Crippen LogP contribution in [0, 0.1) is 6.92 Å². The monoisotopic (exact) mass is 269 g/mol. The number of rotatable bonds is 7. The number of amides is 1. The lowest BCUT2D eigenvalue weighted by molar-refractivity contribution is -0.148. The van der Waals surface area contributed by atoms with E-state index >= 15 is 0 Å². The molecule has 0 aliphatic heterocycles. The standard InChI is InChI=1S/C12H19N3O4/c1-4-15(8-12(17)18-5-2)11(16)7-6-10-13-9(3)14-19-10/h4-8H2,1-3H3. The van der Waals surface area contributed by atoms with Crippen molar-refractivity contribution in [1.29, 1.82) is 0 Å². The number of aromatic nitrogens is 2. The Hall–Kier alpha value is -1.92. The molecule has 106 valence electrons. The molecule has 0 fully saturated rings. The number of hydrogen-bond acceptors (Lipinski definition) is 6. The van der Waals surface area contributed by atoms with E-state index in [1.54, 1.807) is 13.8 Å². The number of carbonyl (C=O) groups excluding carboxylic acids is 2. The van der Waals surface area contributed by atoms with Crippen LogP contribution in [0.2, 0.25) is 0 Å². The molecule has 0 atom stereocenters. The zero-order chi connectivity index (χ0) is 14.3. The van der Waals surface area contributed by atoms with Gasteiger partial charge in [-0.25, -0.2) is 0 Å². The highest BCUT2D eigenvalue weighted by molar-refractivity contribution is 5.82. The number of ether oxygens (including phenoxy) is 1. The minimum absolute atomic E-state index is 0.0218. The molecule has 1 aromatic rings. The van der Waals surface area contributed by atoms with Crippen LogP contribution in [0.5, 0.6) is 0 Å². The maximum atomic E-state index is 11.9. The van der Waals surface area contributed by atoms with Crippen molar-refractivity contribution in [2.45, 2.75) is 33.6 Å². The van der Waals surface area contributed by atoms with Gasteiger partial charge in [0.05, 0.1) is 6.61 Å². The fourth-order valence-corrected chi connectivity index (χ4v) is 1.55. The summed E-state index contributed by atoms with van der Waals surface area (Å²) in [7, 11) is 0. The predicted molar refractivity (Wildman–Crippen MR) is 66.2 cm³/mol. The highest BCUT2D eigenvalue weighted by Gasteiger charge is 2.17. The van der Waals surface area contributed by atoms with Gasteiger partial charge in [-0.1, -0.05) is 5.16 Å². The number of carbonyl (C=O) groups is 2. The molecular weight excluding hydrogens is 250 g/mol. The Labute approximate surface area is 111 Å². The van der Waals surface area contributed by atoms with Gasteiger partial charge in [-0.15, -0.1) is 0 Å². The average molecular weight is 269 g/mol. The summed E-state index contributed by atoms with van der Waals surface area (Å²) in [4.78, 5) is 28.7. The summed E-state index contributed by atoms with van der Waals surface area (Å²) < 4.78 is 9.74. The van der Waals surface area contributed by atoms with Gasteiger partial charge in [0.25, 0.3) is 0 Å². The largest absolute Gasteiger partial charge is 0.465 e. The Kier molecular flexibility index (Phi) is 5.98. The van der Waals surface area contributed by atoms with Crippen LogP contribution in [0.15, 0.2) is 4.52 Å². The molecule has 1 amide bonds. The first-order valence-electron chi connectivity index (χ1n) is 6.29. The topological polar surface area (TPSA) is 85.5 Å². The molecule has 0 radical (unpaired) electrons.